The normalized spacial score (nSPS) is 11.1. The van der Waals surface area contributed by atoms with Gasteiger partial charge in [-0.3, -0.25) is 4.68 Å². The molecule has 0 aliphatic rings. The summed E-state index contributed by atoms with van der Waals surface area (Å²) in [6.45, 7) is 10.9. The molecule has 0 aromatic carbocycles. The van der Waals surface area contributed by atoms with E-state index in [0.717, 1.165) is 29.9 Å². The molecule has 0 saturated carbocycles. The predicted octanol–water partition coefficient (Wildman–Crippen LogP) is 2.00. The van der Waals surface area contributed by atoms with Gasteiger partial charge in [-0.1, -0.05) is 18.8 Å². The van der Waals surface area contributed by atoms with Crippen LogP contribution in [0.2, 0.25) is 0 Å². The van der Waals surface area contributed by atoms with E-state index in [2.05, 4.69) is 30.8 Å². The first-order chi connectivity index (χ1) is 7.35. The average molecular weight is 219 g/mol. The first kappa shape index (κ1) is 12.8. The molecule has 2 N–H and O–H groups in total. The fourth-order valence-corrected chi connectivity index (χ4v) is 1.53. The molecule has 1 heterocycles. The van der Waals surface area contributed by atoms with Crippen LogP contribution in [0.4, 0.5) is 0 Å². The minimum absolute atomic E-state index is 0.453. The maximum Gasteiger partial charge on any atom is 0.0753 e. The van der Waals surface area contributed by atoms with Crippen LogP contribution < -0.4 is 5.73 Å². The van der Waals surface area contributed by atoms with Gasteiger partial charge in [0.2, 0.25) is 0 Å². The standard InChI is InChI=1S/C13H21N3/c1-6-9-16-11(3)12(10(2)15-16)7-8-13(4,5)14/h6,9,14H2,1-5H3. The van der Waals surface area contributed by atoms with E-state index < -0.39 is 5.54 Å². The van der Waals surface area contributed by atoms with Crippen molar-refractivity contribution in [2.45, 2.75) is 53.1 Å². The molecule has 0 fully saturated rings. The molecule has 1 aromatic rings. The maximum absolute atomic E-state index is 5.85. The van der Waals surface area contributed by atoms with Crippen molar-refractivity contribution in [3.63, 3.8) is 0 Å². The highest BCUT2D eigenvalue weighted by atomic mass is 15.3. The third kappa shape index (κ3) is 3.11. The molecule has 0 aliphatic heterocycles. The molecule has 0 aliphatic carbocycles. The highest BCUT2D eigenvalue weighted by Crippen LogP contribution is 2.12. The lowest BCUT2D eigenvalue weighted by Gasteiger charge is -2.07. The summed E-state index contributed by atoms with van der Waals surface area (Å²) in [5.41, 5.74) is 8.54. The van der Waals surface area contributed by atoms with Gasteiger partial charge in [-0.2, -0.15) is 5.10 Å². The zero-order valence-electron chi connectivity index (χ0n) is 10.9. The smallest absolute Gasteiger partial charge is 0.0753 e. The third-order valence-electron chi connectivity index (χ3n) is 2.33. The minimum atomic E-state index is -0.453. The van der Waals surface area contributed by atoms with Crippen LogP contribution in [0.5, 0.6) is 0 Å². The highest BCUT2D eigenvalue weighted by molar-refractivity contribution is 5.42. The van der Waals surface area contributed by atoms with Crippen LogP contribution >= 0.6 is 0 Å². The summed E-state index contributed by atoms with van der Waals surface area (Å²) < 4.78 is 2.02. The van der Waals surface area contributed by atoms with Crippen LogP contribution in [0, 0.1) is 25.7 Å². The lowest BCUT2D eigenvalue weighted by molar-refractivity contribution is 0.583. The van der Waals surface area contributed by atoms with E-state index in [1.54, 1.807) is 0 Å². The van der Waals surface area contributed by atoms with Crippen molar-refractivity contribution in [1.29, 1.82) is 0 Å². The Morgan fingerprint density at radius 1 is 1.38 bits per heavy atom. The van der Waals surface area contributed by atoms with E-state index in [0.29, 0.717) is 0 Å². The van der Waals surface area contributed by atoms with Crippen LogP contribution in [0.15, 0.2) is 0 Å². The largest absolute Gasteiger partial charge is 0.316 e. The number of hydrogen-bond donors (Lipinski definition) is 1. The van der Waals surface area contributed by atoms with Crippen molar-refractivity contribution in [3.8, 4) is 11.8 Å². The first-order valence-corrected chi connectivity index (χ1v) is 5.71. The summed E-state index contributed by atoms with van der Waals surface area (Å²) in [6, 6.07) is 0. The van der Waals surface area contributed by atoms with Crippen molar-refractivity contribution < 1.29 is 0 Å². The fourth-order valence-electron chi connectivity index (χ4n) is 1.53. The topological polar surface area (TPSA) is 43.8 Å². The molecule has 0 bridgehead atoms. The number of nitrogens with zero attached hydrogens (tertiary/aromatic N) is 2. The monoisotopic (exact) mass is 219 g/mol. The Hall–Kier alpha value is -1.27. The molecule has 1 rings (SSSR count). The quantitative estimate of drug-likeness (QED) is 0.773. The van der Waals surface area contributed by atoms with Gasteiger partial charge in [-0.25, -0.2) is 0 Å². The molecule has 0 amide bonds. The molecule has 0 saturated heterocycles. The van der Waals surface area contributed by atoms with Gasteiger partial charge in [0.15, 0.2) is 0 Å². The molecule has 88 valence electrons. The summed E-state index contributed by atoms with van der Waals surface area (Å²) in [5, 5.41) is 4.47. The van der Waals surface area contributed by atoms with E-state index in [4.69, 9.17) is 5.73 Å². The van der Waals surface area contributed by atoms with Crippen LogP contribution in [-0.2, 0) is 6.54 Å². The lowest BCUT2D eigenvalue weighted by atomic mass is 10.1. The Kier molecular flexibility index (Phi) is 3.77. The van der Waals surface area contributed by atoms with Crippen molar-refractivity contribution in [1.82, 2.24) is 9.78 Å². The average Bonchev–Trinajstić information content (AvgIpc) is 2.39. The summed E-state index contributed by atoms with van der Waals surface area (Å²) >= 11 is 0. The number of nitrogens with two attached hydrogens (primary N) is 1. The van der Waals surface area contributed by atoms with Gasteiger partial charge in [0, 0.05) is 6.54 Å². The Bertz CT molecular complexity index is 425. The van der Waals surface area contributed by atoms with Crippen LogP contribution in [0.1, 0.15) is 44.1 Å². The zero-order chi connectivity index (χ0) is 12.3. The zero-order valence-corrected chi connectivity index (χ0v) is 10.9. The maximum atomic E-state index is 5.85. The van der Waals surface area contributed by atoms with Crippen LogP contribution in [-0.4, -0.2) is 15.3 Å². The molecule has 16 heavy (non-hydrogen) atoms. The van der Waals surface area contributed by atoms with Gasteiger partial charge in [-0.05, 0) is 34.1 Å². The van der Waals surface area contributed by atoms with Crippen LogP contribution in [0.3, 0.4) is 0 Å². The van der Waals surface area contributed by atoms with Gasteiger partial charge >= 0.3 is 0 Å². The molecule has 0 atom stereocenters. The van der Waals surface area contributed by atoms with Gasteiger partial charge in [0.1, 0.15) is 0 Å². The molecule has 0 radical (unpaired) electrons. The highest BCUT2D eigenvalue weighted by Gasteiger charge is 2.10. The molecule has 1 aromatic heterocycles. The third-order valence-corrected chi connectivity index (χ3v) is 2.33. The van der Waals surface area contributed by atoms with Gasteiger partial charge < -0.3 is 5.73 Å². The van der Waals surface area contributed by atoms with Crippen molar-refractivity contribution >= 4 is 0 Å². The molecular formula is C13H21N3. The van der Waals surface area contributed by atoms with Crippen molar-refractivity contribution in [2.75, 3.05) is 0 Å². The molecular weight excluding hydrogens is 198 g/mol. The summed E-state index contributed by atoms with van der Waals surface area (Å²) in [5.74, 6) is 6.19. The number of aryl methyl sites for hydroxylation is 2. The Labute approximate surface area is 98.0 Å². The van der Waals surface area contributed by atoms with E-state index in [-0.39, 0.29) is 0 Å². The van der Waals surface area contributed by atoms with Gasteiger partial charge in [-0.15, -0.1) is 0 Å². The van der Waals surface area contributed by atoms with Crippen molar-refractivity contribution in [3.05, 3.63) is 17.0 Å². The van der Waals surface area contributed by atoms with Gasteiger partial charge in [0.05, 0.1) is 22.5 Å². The molecule has 3 nitrogen and oxygen atoms in total. The van der Waals surface area contributed by atoms with Crippen LogP contribution in [0.25, 0.3) is 0 Å². The number of aromatic nitrogens is 2. The second kappa shape index (κ2) is 4.71. The molecule has 0 spiro atoms. The molecule has 3 heteroatoms. The second-order valence-corrected chi connectivity index (χ2v) is 4.74. The second-order valence-electron chi connectivity index (χ2n) is 4.74. The minimum Gasteiger partial charge on any atom is -0.316 e. The number of rotatable bonds is 2. The molecule has 0 unspecified atom stereocenters. The van der Waals surface area contributed by atoms with Crippen molar-refractivity contribution in [2.24, 2.45) is 5.73 Å². The van der Waals surface area contributed by atoms with E-state index in [9.17, 15) is 0 Å². The van der Waals surface area contributed by atoms with E-state index in [1.165, 1.54) is 0 Å². The van der Waals surface area contributed by atoms with Gasteiger partial charge in [0.25, 0.3) is 0 Å². The predicted molar refractivity (Wildman–Crippen MR) is 67.1 cm³/mol. The number of hydrogen-bond acceptors (Lipinski definition) is 2. The van der Waals surface area contributed by atoms with E-state index in [1.807, 2.05) is 25.5 Å². The summed E-state index contributed by atoms with van der Waals surface area (Å²) in [6.07, 6.45) is 1.08. The van der Waals surface area contributed by atoms with E-state index >= 15 is 0 Å². The summed E-state index contributed by atoms with van der Waals surface area (Å²) in [7, 11) is 0. The summed E-state index contributed by atoms with van der Waals surface area (Å²) in [4.78, 5) is 0. The fraction of sp³-hybridized carbons (Fsp3) is 0.615. The Morgan fingerprint density at radius 2 is 2.00 bits per heavy atom. The Balaban J connectivity index is 3.09. The SMILES string of the molecule is CCCn1nc(C)c(C#CC(C)(C)N)c1C. The Morgan fingerprint density at radius 3 is 2.50 bits per heavy atom. The lowest BCUT2D eigenvalue weighted by Crippen LogP contribution is -2.29. The first-order valence-electron chi connectivity index (χ1n) is 5.71.